The van der Waals surface area contributed by atoms with Crippen LogP contribution >= 0.6 is 35.2 Å². The molecule has 1 fully saturated rings. The summed E-state index contributed by atoms with van der Waals surface area (Å²) in [6.45, 7) is 0.113. The number of ether oxygens (including phenoxy) is 1. The Morgan fingerprint density at radius 1 is 1.02 bits per heavy atom. The van der Waals surface area contributed by atoms with Gasteiger partial charge >= 0.3 is 29.4 Å². The fraction of sp³-hybridized carbons (Fsp3) is 0.586. The number of phosphoric ester groups is 3. The Hall–Kier alpha value is -3.56. The standard InChI is InChI=1S/C29H44N7O20P3S/c1-29(2,24(43)27(44)32-8-7-18(38)31-9-10-60-20(41)11-16(37)5-3-4-6-19(39)40)13-53-59(50,51)56-58(48,49)52-12-17-23(55-57(45,46)47)22(42)28(54-17)36-15-35-21-25(30)33-14-34-26(21)36/h3-4,14-15,17,22-24,28,42-43H,5-13H2,1-2H3,(H,31,38)(H,32,44)(H,39,40)(H,48,49)(H,50,51)(H2,30,33,34)(H2,45,46,47). The molecule has 0 aliphatic carbocycles. The quantitative estimate of drug-likeness (QED) is 0.0248. The van der Waals surface area contributed by atoms with Crippen LogP contribution in [0.2, 0.25) is 0 Å². The number of carbonyl (C=O) groups excluding carboxylic acids is 4. The van der Waals surface area contributed by atoms with Crippen molar-refractivity contribution in [2.45, 2.75) is 70.2 Å². The van der Waals surface area contributed by atoms with E-state index in [4.69, 9.17) is 24.6 Å². The highest BCUT2D eigenvalue weighted by atomic mass is 32.2. The number of thioether (sulfide) groups is 1. The molecule has 1 aliphatic heterocycles. The highest BCUT2D eigenvalue weighted by Gasteiger charge is 2.50. The third-order valence-corrected chi connectivity index (χ3v) is 11.9. The molecular formula is C29H44N7O20P3S. The Kier molecular flexibility index (Phi) is 18.6. The lowest BCUT2D eigenvalue weighted by Crippen LogP contribution is -2.46. The van der Waals surface area contributed by atoms with Crippen molar-refractivity contribution in [3.63, 3.8) is 0 Å². The minimum Gasteiger partial charge on any atom is -0.481 e. The number of nitrogens with zero attached hydrogens (tertiary/aromatic N) is 4. The number of imidazole rings is 1. The van der Waals surface area contributed by atoms with Crippen molar-refractivity contribution < 1.29 is 95.2 Å². The molecule has 0 radical (unpaired) electrons. The number of allylic oxidation sites excluding steroid dienone is 1. The summed E-state index contributed by atoms with van der Waals surface area (Å²) in [4.78, 5) is 110. The van der Waals surface area contributed by atoms with Crippen molar-refractivity contribution in [1.29, 1.82) is 0 Å². The Bertz CT molecular complexity index is 2050. The molecule has 3 heterocycles. The Balaban J connectivity index is 1.43. The summed E-state index contributed by atoms with van der Waals surface area (Å²) in [7, 11) is -16.5. The van der Waals surface area contributed by atoms with Gasteiger partial charge in [0.25, 0.3) is 0 Å². The lowest BCUT2D eigenvalue weighted by Gasteiger charge is -2.30. The van der Waals surface area contributed by atoms with Crippen molar-refractivity contribution in [3.05, 3.63) is 24.8 Å². The van der Waals surface area contributed by atoms with Gasteiger partial charge in [-0.25, -0.2) is 28.6 Å². The molecule has 60 heavy (non-hydrogen) atoms. The second-order valence-corrected chi connectivity index (χ2v) is 18.7. The molecule has 7 atom stereocenters. The highest BCUT2D eigenvalue weighted by molar-refractivity contribution is 8.13. The number of ketones is 1. The molecule has 7 unspecified atom stereocenters. The van der Waals surface area contributed by atoms with Crippen molar-refractivity contribution in [2.75, 3.05) is 37.8 Å². The molecule has 1 saturated heterocycles. The average molecular weight is 936 g/mol. The summed E-state index contributed by atoms with van der Waals surface area (Å²) in [5, 5.41) is 34.3. The number of anilines is 1. The zero-order valence-corrected chi connectivity index (χ0v) is 35.1. The molecule has 0 spiro atoms. The van der Waals surface area contributed by atoms with Gasteiger partial charge in [-0.15, -0.1) is 0 Å². The smallest absolute Gasteiger partial charge is 0.481 e. The van der Waals surface area contributed by atoms with Crippen LogP contribution in [0.15, 0.2) is 24.8 Å². The van der Waals surface area contributed by atoms with Crippen LogP contribution in [0.4, 0.5) is 5.82 Å². The van der Waals surface area contributed by atoms with Crippen molar-refractivity contribution >= 4 is 80.9 Å². The van der Waals surface area contributed by atoms with E-state index in [1.165, 1.54) is 26.0 Å². The summed E-state index contributed by atoms with van der Waals surface area (Å²) in [6, 6.07) is 0. The van der Waals surface area contributed by atoms with E-state index >= 15 is 0 Å². The number of carboxylic acids is 1. The molecule has 11 N–H and O–H groups in total. The number of hydrogen-bond acceptors (Lipinski definition) is 20. The number of carbonyl (C=O) groups is 5. The number of hydrogen-bond donors (Lipinski definition) is 10. The average Bonchev–Trinajstić information content (AvgIpc) is 3.69. The number of Topliss-reactive ketones (excluding diaryl/α,β-unsaturated/α-hetero) is 1. The van der Waals surface area contributed by atoms with Gasteiger partial charge in [0.2, 0.25) is 11.8 Å². The number of aromatic nitrogens is 4. The number of nitrogen functional groups attached to an aromatic ring is 1. The van der Waals surface area contributed by atoms with E-state index in [1.807, 2.05) is 0 Å². The number of nitrogens with one attached hydrogen (secondary N) is 2. The third-order valence-electron chi connectivity index (χ3n) is 7.91. The van der Waals surface area contributed by atoms with Gasteiger partial charge in [0, 0.05) is 37.1 Å². The van der Waals surface area contributed by atoms with Crippen LogP contribution in [0.3, 0.4) is 0 Å². The first kappa shape index (κ1) is 50.8. The maximum atomic E-state index is 12.7. The van der Waals surface area contributed by atoms with E-state index < -0.39 is 101 Å². The molecule has 1 aliphatic rings. The van der Waals surface area contributed by atoms with Crippen LogP contribution in [-0.2, 0) is 60.3 Å². The van der Waals surface area contributed by atoms with E-state index in [9.17, 15) is 67.5 Å². The van der Waals surface area contributed by atoms with Gasteiger partial charge in [-0.1, -0.05) is 37.8 Å². The van der Waals surface area contributed by atoms with Crippen LogP contribution in [0.25, 0.3) is 11.2 Å². The molecule has 0 aromatic carbocycles. The van der Waals surface area contributed by atoms with Gasteiger partial charge in [0.15, 0.2) is 22.8 Å². The fourth-order valence-electron chi connectivity index (χ4n) is 4.98. The lowest BCUT2D eigenvalue weighted by molar-refractivity contribution is -0.137. The predicted octanol–water partition coefficient (Wildman–Crippen LogP) is -0.955. The first-order chi connectivity index (χ1) is 27.8. The molecular weight excluding hydrogens is 891 g/mol. The van der Waals surface area contributed by atoms with E-state index in [-0.39, 0.29) is 61.5 Å². The zero-order chi connectivity index (χ0) is 45.1. The molecule has 336 valence electrons. The van der Waals surface area contributed by atoms with Gasteiger partial charge in [-0.2, -0.15) is 4.31 Å². The molecule has 2 aromatic heterocycles. The number of aliphatic hydroxyl groups excluding tert-OH is 2. The monoisotopic (exact) mass is 935 g/mol. The normalized spacial score (nSPS) is 21.0. The van der Waals surface area contributed by atoms with Crippen molar-refractivity contribution in [3.8, 4) is 0 Å². The van der Waals surface area contributed by atoms with Crippen molar-refractivity contribution in [1.82, 2.24) is 30.2 Å². The van der Waals surface area contributed by atoms with Gasteiger partial charge < -0.3 is 56.0 Å². The minimum atomic E-state index is -5.60. The maximum Gasteiger partial charge on any atom is 0.481 e. The number of phosphoric acid groups is 3. The number of rotatable bonds is 25. The summed E-state index contributed by atoms with van der Waals surface area (Å²) in [5.41, 5.74) is 4.18. The van der Waals surface area contributed by atoms with Gasteiger partial charge in [0.05, 0.1) is 32.4 Å². The molecule has 2 amide bonds. The largest absolute Gasteiger partial charge is 0.481 e. The van der Waals surface area contributed by atoms with Gasteiger partial charge in [-0.05, 0) is 0 Å². The van der Waals surface area contributed by atoms with E-state index in [0.29, 0.717) is 0 Å². The number of carboxylic acid groups (broad SMARTS) is 1. The third kappa shape index (κ3) is 16.4. The van der Waals surface area contributed by atoms with Crippen LogP contribution < -0.4 is 16.4 Å². The molecule has 2 aromatic rings. The number of aliphatic hydroxyl groups is 2. The summed E-state index contributed by atoms with van der Waals surface area (Å²) in [5.74, 6) is -2.96. The number of amides is 2. The molecule has 27 nitrogen and oxygen atoms in total. The SMILES string of the molecule is CC(C)(COP(=O)(O)OP(=O)(O)OCC1OC(n2cnc3c(N)ncnc32)C(O)C1OP(=O)(O)O)C(O)C(=O)NCCC(=O)NCCSC(=O)CC(=O)CC=CCC(=O)O. The zero-order valence-electron chi connectivity index (χ0n) is 31.6. The van der Waals surface area contributed by atoms with Crippen LogP contribution in [0.5, 0.6) is 0 Å². The van der Waals surface area contributed by atoms with Crippen LogP contribution in [0, 0.1) is 5.41 Å². The van der Waals surface area contributed by atoms with E-state index in [1.54, 1.807) is 0 Å². The first-order valence-electron chi connectivity index (χ1n) is 17.2. The number of nitrogens with two attached hydrogens (primary N) is 1. The summed E-state index contributed by atoms with van der Waals surface area (Å²) < 4.78 is 62.0. The first-order valence-corrected chi connectivity index (χ1v) is 22.7. The van der Waals surface area contributed by atoms with Gasteiger partial charge in [0.1, 0.15) is 42.0 Å². The van der Waals surface area contributed by atoms with Crippen LogP contribution in [0.1, 0.15) is 45.8 Å². The highest BCUT2D eigenvalue weighted by Crippen LogP contribution is 2.61. The topological polar surface area (TPSA) is 418 Å². The molecule has 3 rings (SSSR count). The molecule has 0 bridgehead atoms. The minimum absolute atomic E-state index is 0.0146. The van der Waals surface area contributed by atoms with Crippen molar-refractivity contribution in [2.24, 2.45) is 5.41 Å². The Labute approximate surface area is 343 Å². The van der Waals surface area contributed by atoms with E-state index in [0.717, 1.165) is 29.0 Å². The second-order valence-electron chi connectivity index (χ2n) is 13.3. The predicted molar refractivity (Wildman–Crippen MR) is 203 cm³/mol. The Morgan fingerprint density at radius 3 is 2.35 bits per heavy atom. The second kappa shape index (κ2) is 22.0. The lowest BCUT2D eigenvalue weighted by atomic mass is 9.87. The summed E-state index contributed by atoms with van der Waals surface area (Å²) >= 11 is 0.804. The fourth-order valence-corrected chi connectivity index (χ4v) is 8.50. The summed E-state index contributed by atoms with van der Waals surface area (Å²) in [6.07, 6.45) is -5.24. The Morgan fingerprint density at radius 2 is 1.68 bits per heavy atom. The van der Waals surface area contributed by atoms with E-state index in [2.05, 4.69) is 34.4 Å². The number of aliphatic carboxylic acids is 1. The maximum absolute atomic E-state index is 12.7. The van der Waals surface area contributed by atoms with Gasteiger partial charge in [-0.3, -0.25) is 42.1 Å². The molecule has 0 saturated carbocycles. The molecule has 31 heteroatoms. The number of fused-ring (bicyclic) bond motifs is 1. The van der Waals surface area contributed by atoms with Crippen LogP contribution in [-0.4, -0.2) is 140 Å².